The van der Waals surface area contributed by atoms with Crippen LogP contribution in [-0.4, -0.2) is 33.8 Å². The lowest BCUT2D eigenvalue weighted by Gasteiger charge is -2.31. The first-order chi connectivity index (χ1) is 9.29. The van der Waals surface area contributed by atoms with Gasteiger partial charge in [-0.1, -0.05) is 0 Å². The lowest BCUT2D eigenvalue weighted by atomic mass is 10.1. The number of hydrogen-bond acceptors (Lipinski definition) is 3. The number of likely N-dealkylation sites (tertiary alicyclic amines) is 1. The molecule has 1 aliphatic heterocycles. The van der Waals surface area contributed by atoms with Crippen molar-refractivity contribution in [2.75, 3.05) is 11.9 Å². The van der Waals surface area contributed by atoms with Gasteiger partial charge in [0.1, 0.15) is 0 Å². The number of carbonyl (C=O) groups is 2. The zero-order chi connectivity index (χ0) is 14.9. The monoisotopic (exact) mass is 275 g/mol. The molecular weight excluding hydrogens is 254 g/mol. The van der Waals surface area contributed by atoms with Gasteiger partial charge >= 0.3 is 0 Å². The second-order valence-corrected chi connectivity index (χ2v) is 6.20. The third kappa shape index (κ3) is 2.98. The van der Waals surface area contributed by atoms with Gasteiger partial charge in [-0.2, -0.15) is 0 Å². The van der Waals surface area contributed by atoms with Crippen molar-refractivity contribution in [3.05, 3.63) is 24.0 Å². The van der Waals surface area contributed by atoms with Crippen LogP contribution in [0.5, 0.6) is 0 Å². The van der Waals surface area contributed by atoms with Crippen LogP contribution in [-0.2, 0) is 9.59 Å². The number of amides is 2. The number of nitrogens with zero attached hydrogens (tertiary/aromatic N) is 2. The maximum Gasteiger partial charge on any atom is 0.229 e. The molecule has 1 aliphatic rings. The van der Waals surface area contributed by atoms with Crippen LogP contribution < -0.4 is 5.32 Å². The van der Waals surface area contributed by atoms with Crippen LogP contribution in [0.3, 0.4) is 0 Å². The highest BCUT2D eigenvalue weighted by molar-refractivity contribution is 5.97. The van der Waals surface area contributed by atoms with Gasteiger partial charge in [0.25, 0.3) is 0 Å². The second kappa shape index (κ2) is 5.23. The molecule has 0 aliphatic carbocycles. The minimum Gasteiger partial charge on any atom is -0.337 e. The van der Waals surface area contributed by atoms with E-state index in [9.17, 15) is 9.59 Å². The molecule has 1 N–H and O–H groups in total. The summed E-state index contributed by atoms with van der Waals surface area (Å²) in [5, 5.41) is 2.86. The smallest absolute Gasteiger partial charge is 0.229 e. The van der Waals surface area contributed by atoms with E-state index in [2.05, 4.69) is 10.3 Å². The fourth-order valence-corrected chi connectivity index (χ4v) is 2.38. The molecule has 1 saturated heterocycles. The minimum absolute atomic E-state index is 0.0422. The van der Waals surface area contributed by atoms with E-state index >= 15 is 0 Å². The molecule has 1 fully saturated rings. The molecule has 2 amide bonds. The van der Waals surface area contributed by atoms with Crippen LogP contribution in [0.15, 0.2) is 18.3 Å². The van der Waals surface area contributed by atoms with Crippen molar-refractivity contribution in [2.24, 2.45) is 5.92 Å². The summed E-state index contributed by atoms with van der Waals surface area (Å²) >= 11 is 0. The molecule has 0 radical (unpaired) electrons. The second-order valence-electron chi connectivity index (χ2n) is 6.20. The van der Waals surface area contributed by atoms with Crippen LogP contribution in [0, 0.1) is 12.8 Å². The minimum atomic E-state index is -0.290. The van der Waals surface area contributed by atoms with Crippen molar-refractivity contribution >= 4 is 17.5 Å². The number of aromatic nitrogens is 1. The molecule has 0 bridgehead atoms. The lowest BCUT2D eigenvalue weighted by Crippen LogP contribution is -2.42. The number of nitrogens with one attached hydrogen (secondary N) is 1. The first-order valence-electron chi connectivity index (χ1n) is 6.82. The molecule has 1 unspecified atom stereocenters. The predicted octanol–water partition coefficient (Wildman–Crippen LogP) is 1.98. The molecule has 0 spiro atoms. The molecule has 0 aromatic carbocycles. The van der Waals surface area contributed by atoms with E-state index in [0.29, 0.717) is 12.2 Å². The number of pyridine rings is 1. The third-order valence-electron chi connectivity index (χ3n) is 3.57. The average Bonchev–Trinajstić information content (AvgIpc) is 2.74. The summed E-state index contributed by atoms with van der Waals surface area (Å²) in [4.78, 5) is 30.2. The number of carbonyl (C=O) groups excluding carboxylic acids is 2. The van der Waals surface area contributed by atoms with Gasteiger partial charge in [0.15, 0.2) is 0 Å². The van der Waals surface area contributed by atoms with Gasteiger partial charge in [0, 0.05) is 24.7 Å². The van der Waals surface area contributed by atoms with Gasteiger partial charge in [-0.05, 0) is 39.8 Å². The van der Waals surface area contributed by atoms with Gasteiger partial charge in [-0.15, -0.1) is 0 Å². The van der Waals surface area contributed by atoms with Crippen LogP contribution >= 0.6 is 0 Å². The highest BCUT2D eigenvalue weighted by Gasteiger charge is 2.39. The normalized spacial score (nSPS) is 19.3. The Morgan fingerprint density at radius 3 is 2.70 bits per heavy atom. The molecule has 1 aromatic heterocycles. The Hall–Kier alpha value is -1.91. The maximum absolute atomic E-state index is 12.3. The van der Waals surface area contributed by atoms with Crippen LogP contribution in [0.4, 0.5) is 5.69 Å². The molecule has 5 nitrogen and oxygen atoms in total. The van der Waals surface area contributed by atoms with E-state index in [-0.39, 0.29) is 29.7 Å². The van der Waals surface area contributed by atoms with Crippen molar-refractivity contribution in [3.8, 4) is 0 Å². The number of anilines is 1. The van der Waals surface area contributed by atoms with Crippen LogP contribution in [0.1, 0.15) is 32.9 Å². The molecule has 0 saturated carbocycles. The SMILES string of the molecule is Cc1ncccc1NC(=O)C1CC(=O)N(C(C)(C)C)C1. The summed E-state index contributed by atoms with van der Waals surface area (Å²) in [6.07, 6.45) is 1.97. The highest BCUT2D eigenvalue weighted by atomic mass is 16.2. The maximum atomic E-state index is 12.3. The van der Waals surface area contributed by atoms with Crippen molar-refractivity contribution in [2.45, 2.75) is 39.7 Å². The topological polar surface area (TPSA) is 62.3 Å². The zero-order valence-corrected chi connectivity index (χ0v) is 12.4. The van der Waals surface area contributed by atoms with Gasteiger partial charge in [-0.25, -0.2) is 0 Å². The quantitative estimate of drug-likeness (QED) is 0.897. The number of aryl methyl sites for hydroxylation is 1. The van der Waals surface area contributed by atoms with Crippen molar-refractivity contribution in [3.63, 3.8) is 0 Å². The fraction of sp³-hybridized carbons (Fsp3) is 0.533. The standard InChI is InChI=1S/C15H21N3O2/c1-10-12(6-5-7-16-10)17-14(20)11-8-13(19)18(9-11)15(2,3)4/h5-7,11H,8-9H2,1-4H3,(H,17,20). The van der Waals surface area contributed by atoms with Crippen molar-refractivity contribution in [1.82, 2.24) is 9.88 Å². The fourth-order valence-electron chi connectivity index (χ4n) is 2.38. The molecule has 2 heterocycles. The number of hydrogen-bond donors (Lipinski definition) is 1. The van der Waals surface area contributed by atoms with Gasteiger partial charge < -0.3 is 10.2 Å². The summed E-state index contributed by atoms with van der Waals surface area (Å²) in [7, 11) is 0. The summed E-state index contributed by atoms with van der Waals surface area (Å²) in [5.41, 5.74) is 1.24. The van der Waals surface area contributed by atoms with E-state index in [1.54, 1.807) is 17.2 Å². The number of rotatable bonds is 2. The largest absolute Gasteiger partial charge is 0.337 e. The van der Waals surface area contributed by atoms with E-state index in [4.69, 9.17) is 0 Å². The van der Waals surface area contributed by atoms with Gasteiger partial charge in [0.2, 0.25) is 11.8 Å². The Kier molecular flexibility index (Phi) is 3.79. The Bertz CT molecular complexity index is 534. The highest BCUT2D eigenvalue weighted by Crippen LogP contribution is 2.26. The molecule has 2 rings (SSSR count). The molecule has 5 heteroatoms. The van der Waals surface area contributed by atoms with Gasteiger partial charge in [-0.3, -0.25) is 14.6 Å². The average molecular weight is 275 g/mol. The summed E-state index contributed by atoms with van der Waals surface area (Å²) < 4.78 is 0. The molecule has 20 heavy (non-hydrogen) atoms. The Labute approximate surface area is 119 Å². The van der Waals surface area contributed by atoms with E-state index < -0.39 is 0 Å². The van der Waals surface area contributed by atoms with Crippen molar-refractivity contribution < 1.29 is 9.59 Å². The van der Waals surface area contributed by atoms with Crippen LogP contribution in [0.25, 0.3) is 0 Å². The summed E-state index contributed by atoms with van der Waals surface area (Å²) in [5.74, 6) is -0.358. The van der Waals surface area contributed by atoms with E-state index in [1.165, 1.54) is 0 Å². The third-order valence-corrected chi connectivity index (χ3v) is 3.57. The molecular formula is C15H21N3O2. The van der Waals surface area contributed by atoms with Crippen molar-refractivity contribution in [1.29, 1.82) is 0 Å². The molecule has 108 valence electrons. The Balaban J connectivity index is 2.05. The summed E-state index contributed by atoms with van der Waals surface area (Å²) in [6, 6.07) is 3.60. The first-order valence-corrected chi connectivity index (χ1v) is 6.82. The van der Waals surface area contributed by atoms with Crippen LogP contribution in [0.2, 0.25) is 0 Å². The molecule has 1 aromatic rings. The lowest BCUT2D eigenvalue weighted by molar-refractivity contribution is -0.131. The van der Waals surface area contributed by atoms with E-state index in [0.717, 1.165) is 5.69 Å². The Morgan fingerprint density at radius 2 is 2.15 bits per heavy atom. The summed E-state index contributed by atoms with van der Waals surface area (Å²) in [6.45, 7) is 8.27. The predicted molar refractivity (Wildman–Crippen MR) is 77.2 cm³/mol. The van der Waals surface area contributed by atoms with E-state index in [1.807, 2.05) is 33.8 Å². The zero-order valence-electron chi connectivity index (χ0n) is 12.4. The van der Waals surface area contributed by atoms with Gasteiger partial charge in [0.05, 0.1) is 17.3 Å². The Morgan fingerprint density at radius 1 is 1.45 bits per heavy atom. The molecule has 1 atom stereocenters. The first kappa shape index (κ1) is 14.5.